The van der Waals surface area contributed by atoms with Crippen LogP contribution in [0.4, 0.5) is 21.3 Å². The number of carbonyl (C=O) groups excluding carboxylic acids is 1. The summed E-state index contributed by atoms with van der Waals surface area (Å²) in [5.41, 5.74) is 2.56. The second kappa shape index (κ2) is 7.24. The summed E-state index contributed by atoms with van der Waals surface area (Å²) in [6.07, 6.45) is 2.88. The van der Waals surface area contributed by atoms with Crippen LogP contribution in [0.1, 0.15) is 5.76 Å². The number of benzene rings is 2. The molecule has 4 rings (SSSR count). The number of nitrogens with one attached hydrogen (secondary N) is 3. The van der Waals surface area contributed by atoms with E-state index in [0.29, 0.717) is 11.4 Å². The zero-order valence-corrected chi connectivity index (χ0v) is 14.4. The number of aromatic nitrogens is 2. The number of hydrogen-bond acceptors (Lipinski definition) is 6. The van der Waals surface area contributed by atoms with Crippen molar-refractivity contribution in [2.45, 2.75) is 6.54 Å². The standard InChI is InChI=1S/C18H15N5O2S/c24-17(20-10-14-9-19-11-25-14)21-12-5-7-13(8-6-12)22-18-23-15-3-1-2-4-16(15)26-18/h1-9,11H,10H2,(H,22,23)(H2,20,21,24). The number of urea groups is 1. The smallest absolute Gasteiger partial charge is 0.319 e. The third-order valence-corrected chi connectivity index (χ3v) is 4.55. The number of amides is 2. The van der Waals surface area contributed by atoms with Gasteiger partial charge in [0.15, 0.2) is 11.5 Å². The molecule has 0 aliphatic carbocycles. The van der Waals surface area contributed by atoms with E-state index < -0.39 is 0 Å². The van der Waals surface area contributed by atoms with E-state index in [0.717, 1.165) is 21.0 Å². The molecule has 8 heteroatoms. The normalized spacial score (nSPS) is 10.6. The number of thiazole rings is 1. The SMILES string of the molecule is O=C(NCc1cnco1)Nc1ccc(Nc2nc3ccccc3s2)cc1. The predicted octanol–water partition coefficient (Wildman–Crippen LogP) is 4.35. The van der Waals surface area contributed by atoms with Gasteiger partial charge in [0.1, 0.15) is 5.76 Å². The Bertz CT molecular complexity index is 979. The average molecular weight is 365 g/mol. The van der Waals surface area contributed by atoms with Crippen LogP contribution < -0.4 is 16.0 Å². The minimum absolute atomic E-state index is 0.281. The molecule has 0 aliphatic heterocycles. The summed E-state index contributed by atoms with van der Waals surface area (Å²) in [5, 5.41) is 9.57. The Hall–Kier alpha value is -3.39. The Morgan fingerprint density at radius 3 is 2.65 bits per heavy atom. The lowest BCUT2D eigenvalue weighted by Crippen LogP contribution is -2.27. The molecule has 0 unspecified atom stereocenters. The lowest BCUT2D eigenvalue weighted by atomic mass is 10.3. The Morgan fingerprint density at radius 1 is 1.08 bits per heavy atom. The molecule has 2 aromatic carbocycles. The summed E-state index contributed by atoms with van der Waals surface area (Å²) < 4.78 is 6.20. The van der Waals surface area contributed by atoms with Crippen molar-refractivity contribution in [3.8, 4) is 0 Å². The highest BCUT2D eigenvalue weighted by Crippen LogP contribution is 2.28. The van der Waals surface area contributed by atoms with Gasteiger partial charge in [-0.15, -0.1) is 0 Å². The van der Waals surface area contributed by atoms with E-state index in [1.54, 1.807) is 17.5 Å². The van der Waals surface area contributed by atoms with Gasteiger partial charge in [0.25, 0.3) is 0 Å². The Balaban J connectivity index is 1.34. The van der Waals surface area contributed by atoms with Crippen LogP contribution in [0.3, 0.4) is 0 Å². The molecule has 2 heterocycles. The molecule has 3 N–H and O–H groups in total. The first kappa shape index (κ1) is 16.1. The molecule has 0 aliphatic rings. The van der Waals surface area contributed by atoms with Crippen LogP contribution >= 0.6 is 11.3 Å². The summed E-state index contributed by atoms with van der Waals surface area (Å²) in [6.45, 7) is 0.281. The summed E-state index contributed by atoms with van der Waals surface area (Å²) in [4.78, 5) is 20.2. The molecule has 0 radical (unpaired) electrons. The first-order valence-corrected chi connectivity index (χ1v) is 8.73. The van der Waals surface area contributed by atoms with Gasteiger partial charge in [-0.2, -0.15) is 0 Å². The van der Waals surface area contributed by atoms with Gasteiger partial charge in [-0.3, -0.25) is 0 Å². The number of para-hydroxylation sites is 1. The molecule has 0 fully saturated rings. The lowest BCUT2D eigenvalue weighted by molar-refractivity contribution is 0.251. The summed E-state index contributed by atoms with van der Waals surface area (Å²) >= 11 is 1.60. The van der Waals surface area contributed by atoms with E-state index in [1.807, 2.05) is 48.5 Å². The highest BCUT2D eigenvalue weighted by Gasteiger charge is 2.05. The molecular formula is C18H15N5O2S. The minimum atomic E-state index is -0.312. The molecule has 0 spiro atoms. The van der Waals surface area contributed by atoms with Crippen molar-refractivity contribution in [2.24, 2.45) is 0 Å². The number of carbonyl (C=O) groups is 1. The summed E-state index contributed by atoms with van der Waals surface area (Å²) in [5.74, 6) is 0.593. The zero-order chi connectivity index (χ0) is 17.8. The van der Waals surface area contributed by atoms with Gasteiger partial charge in [0.2, 0.25) is 0 Å². The van der Waals surface area contributed by atoms with Crippen LogP contribution in [0.25, 0.3) is 10.2 Å². The number of fused-ring (bicyclic) bond motifs is 1. The molecule has 7 nitrogen and oxygen atoms in total. The second-order valence-corrected chi connectivity index (χ2v) is 6.50. The van der Waals surface area contributed by atoms with Crippen molar-refractivity contribution in [2.75, 3.05) is 10.6 Å². The van der Waals surface area contributed by atoms with Crippen molar-refractivity contribution in [1.29, 1.82) is 0 Å². The molecule has 4 aromatic rings. The van der Waals surface area contributed by atoms with Crippen LogP contribution in [0.5, 0.6) is 0 Å². The number of anilines is 3. The molecule has 0 saturated carbocycles. The van der Waals surface area contributed by atoms with Gasteiger partial charge in [0.05, 0.1) is 23.0 Å². The minimum Gasteiger partial charge on any atom is -0.447 e. The van der Waals surface area contributed by atoms with Crippen LogP contribution in [-0.4, -0.2) is 16.0 Å². The average Bonchev–Trinajstić information content (AvgIpc) is 3.30. The molecule has 2 amide bonds. The Morgan fingerprint density at radius 2 is 1.88 bits per heavy atom. The predicted molar refractivity (Wildman–Crippen MR) is 102 cm³/mol. The van der Waals surface area contributed by atoms with E-state index in [-0.39, 0.29) is 12.6 Å². The Kier molecular flexibility index (Phi) is 4.48. The number of oxazole rings is 1. The fourth-order valence-electron chi connectivity index (χ4n) is 2.36. The van der Waals surface area contributed by atoms with Crippen LogP contribution in [0, 0.1) is 0 Å². The number of nitrogens with zero attached hydrogens (tertiary/aromatic N) is 2. The maximum atomic E-state index is 11.9. The molecule has 0 saturated heterocycles. The molecular weight excluding hydrogens is 350 g/mol. The summed E-state index contributed by atoms with van der Waals surface area (Å²) in [6, 6.07) is 15.1. The van der Waals surface area contributed by atoms with Crippen LogP contribution in [-0.2, 0) is 6.54 Å². The van der Waals surface area contributed by atoms with Crippen LogP contribution in [0.2, 0.25) is 0 Å². The monoisotopic (exact) mass is 365 g/mol. The molecule has 26 heavy (non-hydrogen) atoms. The fourth-order valence-corrected chi connectivity index (χ4v) is 3.24. The Labute approximate surface area is 153 Å². The van der Waals surface area contributed by atoms with E-state index in [1.165, 1.54) is 6.39 Å². The molecule has 2 aromatic heterocycles. The van der Waals surface area contributed by atoms with E-state index in [9.17, 15) is 4.79 Å². The summed E-state index contributed by atoms with van der Waals surface area (Å²) in [7, 11) is 0. The van der Waals surface area contributed by atoms with Gasteiger partial charge < -0.3 is 20.4 Å². The maximum absolute atomic E-state index is 11.9. The van der Waals surface area contributed by atoms with E-state index in [2.05, 4.69) is 25.9 Å². The topological polar surface area (TPSA) is 92.1 Å². The van der Waals surface area contributed by atoms with Crippen molar-refractivity contribution in [3.63, 3.8) is 0 Å². The first-order chi connectivity index (χ1) is 12.8. The van der Waals surface area contributed by atoms with Crippen molar-refractivity contribution >= 4 is 44.1 Å². The van der Waals surface area contributed by atoms with Gasteiger partial charge in [-0.25, -0.2) is 14.8 Å². The van der Waals surface area contributed by atoms with Crippen molar-refractivity contribution in [3.05, 3.63) is 66.9 Å². The quantitative estimate of drug-likeness (QED) is 0.489. The highest BCUT2D eigenvalue weighted by atomic mass is 32.1. The molecule has 0 bridgehead atoms. The molecule has 0 atom stereocenters. The second-order valence-electron chi connectivity index (χ2n) is 5.46. The fraction of sp³-hybridized carbons (Fsp3) is 0.0556. The number of hydrogen-bond donors (Lipinski definition) is 3. The van der Waals surface area contributed by atoms with E-state index in [4.69, 9.17) is 4.42 Å². The van der Waals surface area contributed by atoms with Gasteiger partial charge in [0, 0.05) is 11.4 Å². The third-order valence-electron chi connectivity index (χ3n) is 3.59. The number of rotatable bonds is 5. The van der Waals surface area contributed by atoms with Crippen LogP contribution in [0.15, 0.2) is 65.5 Å². The van der Waals surface area contributed by atoms with Crippen molar-refractivity contribution in [1.82, 2.24) is 15.3 Å². The first-order valence-electron chi connectivity index (χ1n) is 7.91. The largest absolute Gasteiger partial charge is 0.447 e. The molecule has 130 valence electrons. The maximum Gasteiger partial charge on any atom is 0.319 e. The van der Waals surface area contributed by atoms with E-state index >= 15 is 0 Å². The van der Waals surface area contributed by atoms with Gasteiger partial charge in [-0.05, 0) is 36.4 Å². The van der Waals surface area contributed by atoms with Gasteiger partial charge in [-0.1, -0.05) is 23.5 Å². The lowest BCUT2D eigenvalue weighted by Gasteiger charge is -2.08. The van der Waals surface area contributed by atoms with Gasteiger partial charge >= 0.3 is 6.03 Å². The third kappa shape index (κ3) is 3.81. The van der Waals surface area contributed by atoms with Crippen molar-refractivity contribution < 1.29 is 9.21 Å². The zero-order valence-electron chi connectivity index (χ0n) is 13.6. The highest BCUT2D eigenvalue weighted by molar-refractivity contribution is 7.22.